The largest absolute Gasteiger partial charge is 0.443 e. The Hall–Kier alpha value is -1.65. The van der Waals surface area contributed by atoms with Gasteiger partial charge >= 0.3 is 0 Å². The van der Waals surface area contributed by atoms with E-state index in [0.717, 1.165) is 42.8 Å². The molecule has 0 aliphatic carbocycles. The Bertz CT molecular complexity index is 759. The molecule has 0 amide bonds. The third-order valence-electron chi connectivity index (χ3n) is 4.23. The smallest absolute Gasteiger partial charge is 0.213 e. The maximum absolute atomic E-state index is 5.80. The van der Waals surface area contributed by atoms with Gasteiger partial charge in [-0.05, 0) is 13.3 Å². The lowest BCUT2D eigenvalue weighted by atomic mass is 9.94. The summed E-state index contributed by atoms with van der Waals surface area (Å²) in [5, 5.41) is 11.1. The van der Waals surface area contributed by atoms with Crippen LogP contribution in [-0.2, 0) is 24.9 Å². The average Bonchev–Trinajstić information content (AvgIpc) is 3.16. The third-order valence-corrected chi connectivity index (χ3v) is 4.23. The quantitative estimate of drug-likeness (QED) is 0.403. The number of hydrogen-bond donors (Lipinski definition) is 2. The number of fused-ring (bicyclic) bond motifs is 1. The second-order valence-corrected chi connectivity index (χ2v) is 7.43. The van der Waals surface area contributed by atoms with Crippen molar-refractivity contribution in [3.63, 3.8) is 0 Å². The second kappa shape index (κ2) is 8.36. The molecule has 26 heavy (non-hydrogen) atoms. The number of halogens is 1. The molecule has 8 nitrogen and oxygen atoms in total. The maximum Gasteiger partial charge on any atom is 0.213 e. The fourth-order valence-corrected chi connectivity index (χ4v) is 2.84. The average molecular weight is 473 g/mol. The molecule has 2 aromatic heterocycles. The van der Waals surface area contributed by atoms with Crippen LogP contribution in [0.5, 0.6) is 0 Å². The minimum absolute atomic E-state index is 0. The van der Waals surface area contributed by atoms with Crippen LogP contribution in [0.2, 0.25) is 0 Å². The highest BCUT2D eigenvalue weighted by Crippen LogP contribution is 2.22. The van der Waals surface area contributed by atoms with Gasteiger partial charge in [0.05, 0.1) is 19.3 Å². The van der Waals surface area contributed by atoms with E-state index in [1.54, 1.807) is 13.2 Å². The molecule has 0 aromatic carbocycles. The zero-order valence-corrected chi connectivity index (χ0v) is 18.4. The molecule has 1 aliphatic rings. The Morgan fingerprint density at radius 2 is 2.19 bits per heavy atom. The zero-order chi connectivity index (χ0) is 18.0. The van der Waals surface area contributed by atoms with Gasteiger partial charge in [0.15, 0.2) is 5.96 Å². The van der Waals surface area contributed by atoms with Gasteiger partial charge in [-0.15, -0.1) is 24.0 Å². The molecule has 9 heteroatoms. The SMILES string of the molecule is CN=C(NCc1ncc(C(C)(C)C)o1)NC1CCc2nc(C)nn2C1.I. The summed E-state index contributed by atoms with van der Waals surface area (Å²) in [6.07, 6.45) is 3.72. The molecule has 1 unspecified atom stereocenters. The molecule has 2 aromatic rings. The van der Waals surface area contributed by atoms with E-state index < -0.39 is 0 Å². The minimum Gasteiger partial charge on any atom is -0.443 e. The monoisotopic (exact) mass is 473 g/mol. The van der Waals surface area contributed by atoms with Gasteiger partial charge in [0.2, 0.25) is 5.89 Å². The first-order valence-electron chi connectivity index (χ1n) is 8.68. The van der Waals surface area contributed by atoms with Crippen molar-refractivity contribution in [1.29, 1.82) is 0 Å². The first-order chi connectivity index (χ1) is 11.8. The predicted octanol–water partition coefficient (Wildman–Crippen LogP) is 2.17. The molecule has 0 bridgehead atoms. The summed E-state index contributed by atoms with van der Waals surface area (Å²) in [5.74, 6) is 4.17. The van der Waals surface area contributed by atoms with Crippen molar-refractivity contribution in [3.8, 4) is 0 Å². The van der Waals surface area contributed by atoms with Crippen molar-refractivity contribution in [2.24, 2.45) is 4.99 Å². The molecule has 2 N–H and O–H groups in total. The van der Waals surface area contributed by atoms with Crippen molar-refractivity contribution in [3.05, 3.63) is 29.5 Å². The van der Waals surface area contributed by atoms with E-state index in [1.165, 1.54) is 0 Å². The van der Waals surface area contributed by atoms with Crippen LogP contribution in [0, 0.1) is 6.92 Å². The summed E-state index contributed by atoms with van der Waals surface area (Å²) < 4.78 is 7.78. The molecular formula is C17H28IN7O. The van der Waals surface area contributed by atoms with Gasteiger partial charge < -0.3 is 15.1 Å². The number of aryl methyl sites for hydroxylation is 2. The number of aromatic nitrogens is 4. The van der Waals surface area contributed by atoms with Crippen molar-refractivity contribution in [2.75, 3.05) is 7.05 Å². The highest BCUT2D eigenvalue weighted by molar-refractivity contribution is 14.0. The Morgan fingerprint density at radius 3 is 2.85 bits per heavy atom. The number of nitrogens with one attached hydrogen (secondary N) is 2. The fourth-order valence-electron chi connectivity index (χ4n) is 2.84. The Labute approximate surface area is 171 Å². The fraction of sp³-hybridized carbons (Fsp3) is 0.647. The van der Waals surface area contributed by atoms with Crippen LogP contribution < -0.4 is 10.6 Å². The first-order valence-corrected chi connectivity index (χ1v) is 8.68. The van der Waals surface area contributed by atoms with Crippen LogP contribution >= 0.6 is 24.0 Å². The summed E-state index contributed by atoms with van der Waals surface area (Å²) in [7, 11) is 1.76. The van der Waals surface area contributed by atoms with Gasteiger partial charge in [-0.25, -0.2) is 14.6 Å². The maximum atomic E-state index is 5.80. The van der Waals surface area contributed by atoms with E-state index in [0.29, 0.717) is 12.4 Å². The van der Waals surface area contributed by atoms with Crippen molar-refractivity contribution in [1.82, 2.24) is 30.4 Å². The molecule has 1 aliphatic heterocycles. The lowest BCUT2D eigenvalue weighted by Crippen LogP contribution is -2.46. The number of oxazole rings is 1. The highest BCUT2D eigenvalue weighted by Gasteiger charge is 2.22. The second-order valence-electron chi connectivity index (χ2n) is 7.43. The molecule has 1 atom stereocenters. The Kier molecular flexibility index (Phi) is 6.64. The van der Waals surface area contributed by atoms with Crippen LogP contribution in [0.3, 0.4) is 0 Å². The van der Waals surface area contributed by atoms with Gasteiger partial charge in [0.1, 0.15) is 17.4 Å². The van der Waals surface area contributed by atoms with Crippen molar-refractivity contribution >= 4 is 29.9 Å². The predicted molar refractivity (Wildman–Crippen MR) is 111 cm³/mol. The summed E-state index contributed by atoms with van der Waals surface area (Å²) >= 11 is 0. The van der Waals surface area contributed by atoms with E-state index in [-0.39, 0.29) is 35.4 Å². The van der Waals surface area contributed by atoms with Crippen molar-refractivity contribution in [2.45, 2.75) is 65.1 Å². The minimum atomic E-state index is -0.0408. The van der Waals surface area contributed by atoms with Crippen LogP contribution in [0.4, 0.5) is 0 Å². The lowest BCUT2D eigenvalue weighted by molar-refractivity contribution is 0.376. The molecule has 3 rings (SSSR count). The summed E-state index contributed by atoms with van der Waals surface area (Å²) in [5.41, 5.74) is -0.0408. The van der Waals surface area contributed by atoms with Crippen LogP contribution in [0.1, 0.15) is 50.5 Å². The van der Waals surface area contributed by atoms with Crippen LogP contribution in [-0.4, -0.2) is 38.8 Å². The molecule has 0 saturated heterocycles. The van der Waals surface area contributed by atoms with Gasteiger partial charge in [0, 0.05) is 24.9 Å². The normalized spacial score (nSPS) is 17.4. The van der Waals surface area contributed by atoms with E-state index in [2.05, 4.69) is 51.5 Å². The molecule has 0 saturated carbocycles. The number of guanidine groups is 1. The van der Waals surface area contributed by atoms with Crippen LogP contribution in [0.15, 0.2) is 15.6 Å². The molecule has 0 fully saturated rings. The standard InChI is InChI=1S/C17H27N7O.HI/c1-11-21-14-7-6-12(10-24(14)23-11)22-16(18-5)20-9-15-19-8-13(25-15)17(2,3)4;/h8,12H,6-7,9-10H2,1-5H3,(H2,18,20,22);1H. The number of rotatable bonds is 3. The van der Waals surface area contributed by atoms with Gasteiger partial charge in [-0.1, -0.05) is 20.8 Å². The van der Waals surface area contributed by atoms with E-state index >= 15 is 0 Å². The van der Waals surface area contributed by atoms with E-state index in [1.807, 2.05) is 11.6 Å². The molecule has 0 radical (unpaired) electrons. The first kappa shape index (κ1) is 20.7. The zero-order valence-electron chi connectivity index (χ0n) is 16.0. The van der Waals surface area contributed by atoms with Gasteiger partial charge in [-0.2, -0.15) is 5.10 Å². The summed E-state index contributed by atoms with van der Waals surface area (Å²) in [6.45, 7) is 9.54. The number of aliphatic imine (C=N–C) groups is 1. The molecular weight excluding hydrogens is 445 g/mol. The molecule has 0 spiro atoms. The van der Waals surface area contributed by atoms with E-state index in [4.69, 9.17) is 4.42 Å². The topological polar surface area (TPSA) is 93.2 Å². The summed E-state index contributed by atoms with van der Waals surface area (Å²) in [6, 6.07) is 0.273. The van der Waals surface area contributed by atoms with E-state index in [9.17, 15) is 0 Å². The lowest BCUT2D eigenvalue weighted by Gasteiger charge is -2.25. The molecule has 144 valence electrons. The Balaban J connectivity index is 0.00000243. The summed E-state index contributed by atoms with van der Waals surface area (Å²) in [4.78, 5) is 13.1. The third kappa shape index (κ3) is 4.95. The number of hydrogen-bond acceptors (Lipinski definition) is 5. The highest BCUT2D eigenvalue weighted by atomic mass is 127. The van der Waals surface area contributed by atoms with Crippen LogP contribution in [0.25, 0.3) is 0 Å². The van der Waals surface area contributed by atoms with Crippen molar-refractivity contribution < 1.29 is 4.42 Å². The number of nitrogens with zero attached hydrogens (tertiary/aromatic N) is 5. The molecule has 3 heterocycles. The Morgan fingerprint density at radius 1 is 1.42 bits per heavy atom. The van der Waals surface area contributed by atoms with Gasteiger partial charge in [0.25, 0.3) is 0 Å². The van der Waals surface area contributed by atoms with Gasteiger partial charge in [-0.3, -0.25) is 4.99 Å².